The monoisotopic (exact) mass is 215 g/mol. The number of benzene rings is 1. The largest absolute Gasteiger partial charge is 0.342 e. The smallest absolute Gasteiger partial charge is 0.235 e. The molecule has 16 heavy (non-hydrogen) atoms. The Labute approximate surface area is 93.4 Å². The average Bonchev–Trinajstić information content (AvgIpc) is 2.69. The van der Waals surface area contributed by atoms with Crippen LogP contribution in [0.25, 0.3) is 11.0 Å². The van der Waals surface area contributed by atoms with Gasteiger partial charge in [0.1, 0.15) is 5.82 Å². The van der Waals surface area contributed by atoms with Gasteiger partial charge in [0, 0.05) is 6.42 Å². The van der Waals surface area contributed by atoms with Gasteiger partial charge in [0.2, 0.25) is 6.08 Å². The zero-order valence-electron chi connectivity index (χ0n) is 9.10. The first-order chi connectivity index (χ1) is 7.79. The Bertz CT molecular complexity index is 493. The average molecular weight is 215 g/mol. The fraction of sp³-hybridized carbons (Fsp3) is 0.333. The minimum Gasteiger partial charge on any atom is -0.342 e. The number of rotatable bonds is 4. The molecule has 4 nitrogen and oxygen atoms in total. The molecule has 2 aromatic rings. The Morgan fingerprint density at radius 1 is 1.50 bits per heavy atom. The second-order valence-corrected chi connectivity index (χ2v) is 3.81. The third-order valence-corrected chi connectivity index (χ3v) is 2.51. The highest BCUT2D eigenvalue weighted by molar-refractivity contribution is 5.74. The predicted molar refractivity (Wildman–Crippen MR) is 62.0 cm³/mol. The van der Waals surface area contributed by atoms with Gasteiger partial charge in [-0.15, -0.1) is 0 Å². The van der Waals surface area contributed by atoms with E-state index in [1.165, 1.54) is 0 Å². The molecule has 0 bridgehead atoms. The molecule has 0 aliphatic rings. The van der Waals surface area contributed by atoms with Crippen LogP contribution in [0, 0.1) is 0 Å². The van der Waals surface area contributed by atoms with Crippen molar-refractivity contribution in [2.24, 2.45) is 4.99 Å². The molecule has 82 valence electrons. The Kier molecular flexibility index (Phi) is 3.13. The van der Waals surface area contributed by atoms with E-state index >= 15 is 0 Å². The molecule has 1 N–H and O–H groups in total. The van der Waals surface area contributed by atoms with Crippen molar-refractivity contribution >= 4 is 17.1 Å². The maximum absolute atomic E-state index is 10.1. The van der Waals surface area contributed by atoms with Crippen LogP contribution in [0.3, 0.4) is 0 Å². The van der Waals surface area contributed by atoms with Gasteiger partial charge in [0.25, 0.3) is 0 Å². The van der Waals surface area contributed by atoms with Gasteiger partial charge in [-0.25, -0.2) is 14.8 Å². The van der Waals surface area contributed by atoms with Crippen LogP contribution in [0.2, 0.25) is 0 Å². The van der Waals surface area contributed by atoms with Gasteiger partial charge in [-0.3, -0.25) is 0 Å². The number of fused-ring (bicyclic) bond motifs is 1. The lowest BCUT2D eigenvalue weighted by Gasteiger charge is -2.00. The number of aromatic amines is 1. The highest BCUT2D eigenvalue weighted by atomic mass is 16.1. The maximum Gasteiger partial charge on any atom is 0.235 e. The molecule has 1 aromatic heterocycles. The summed E-state index contributed by atoms with van der Waals surface area (Å²) in [6.45, 7) is 1.90. The van der Waals surface area contributed by atoms with Crippen molar-refractivity contribution in [2.45, 2.75) is 25.8 Å². The number of para-hydroxylation sites is 2. The van der Waals surface area contributed by atoms with E-state index in [0.29, 0.717) is 0 Å². The van der Waals surface area contributed by atoms with E-state index in [-0.39, 0.29) is 6.04 Å². The minimum atomic E-state index is 0.00529. The zero-order valence-corrected chi connectivity index (χ0v) is 9.10. The summed E-state index contributed by atoms with van der Waals surface area (Å²) >= 11 is 0. The van der Waals surface area contributed by atoms with Crippen molar-refractivity contribution in [3.05, 3.63) is 30.1 Å². The van der Waals surface area contributed by atoms with E-state index in [1.807, 2.05) is 31.2 Å². The Morgan fingerprint density at radius 3 is 3.06 bits per heavy atom. The van der Waals surface area contributed by atoms with E-state index < -0.39 is 0 Å². The highest BCUT2D eigenvalue weighted by Gasteiger charge is 2.04. The number of hydrogen-bond acceptors (Lipinski definition) is 3. The van der Waals surface area contributed by atoms with E-state index in [1.54, 1.807) is 6.08 Å². The molecule has 0 amide bonds. The van der Waals surface area contributed by atoms with Crippen LogP contribution in [0.1, 0.15) is 19.2 Å². The molecule has 0 saturated carbocycles. The van der Waals surface area contributed by atoms with Gasteiger partial charge >= 0.3 is 0 Å². The molecule has 0 aliphatic carbocycles. The molecule has 1 atom stereocenters. The number of nitrogens with one attached hydrogen (secondary N) is 1. The third kappa shape index (κ3) is 2.35. The van der Waals surface area contributed by atoms with Crippen LogP contribution in [-0.2, 0) is 11.2 Å². The third-order valence-electron chi connectivity index (χ3n) is 2.51. The number of aliphatic imine (C=N–C) groups is 1. The molecule has 0 fully saturated rings. The van der Waals surface area contributed by atoms with Crippen LogP contribution < -0.4 is 0 Å². The van der Waals surface area contributed by atoms with Gasteiger partial charge in [-0.2, -0.15) is 0 Å². The number of nitrogens with zero attached hydrogens (tertiary/aromatic N) is 2. The molecular formula is C12H13N3O. The number of hydrogen-bond donors (Lipinski definition) is 1. The Hall–Kier alpha value is -1.93. The van der Waals surface area contributed by atoms with Crippen LogP contribution >= 0.6 is 0 Å². The molecule has 0 saturated heterocycles. The van der Waals surface area contributed by atoms with Gasteiger partial charge in [0.05, 0.1) is 17.1 Å². The minimum absolute atomic E-state index is 0.00529. The van der Waals surface area contributed by atoms with Crippen molar-refractivity contribution in [1.82, 2.24) is 9.97 Å². The topological polar surface area (TPSA) is 58.1 Å². The van der Waals surface area contributed by atoms with Gasteiger partial charge in [-0.05, 0) is 25.5 Å². The molecule has 0 spiro atoms. The van der Waals surface area contributed by atoms with Crippen molar-refractivity contribution in [3.8, 4) is 0 Å². The van der Waals surface area contributed by atoms with E-state index in [0.717, 1.165) is 29.7 Å². The molecule has 2 rings (SSSR count). The molecule has 0 aliphatic heterocycles. The van der Waals surface area contributed by atoms with Crippen LogP contribution in [0.5, 0.6) is 0 Å². The summed E-state index contributed by atoms with van der Waals surface area (Å²) in [5, 5.41) is 0. The lowest BCUT2D eigenvalue weighted by Crippen LogP contribution is -2.00. The second kappa shape index (κ2) is 4.73. The predicted octanol–water partition coefficient (Wildman–Crippen LogP) is 2.22. The summed E-state index contributed by atoms with van der Waals surface area (Å²) in [5.74, 6) is 0.939. The van der Waals surface area contributed by atoms with E-state index in [4.69, 9.17) is 0 Å². The highest BCUT2D eigenvalue weighted by Crippen LogP contribution is 2.12. The Balaban J connectivity index is 2.07. The quantitative estimate of drug-likeness (QED) is 0.628. The van der Waals surface area contributed by atoms with Crippen LogP contribution in [-0.4, -0.2) is 22.1 Å². The summed E-state index contributed by atoms with van der Waals surface area (Å²) in [4.78, 5) is 21.4. The lowest BCUT2D eigenvalue weighted by atomic mass is 10.2. The van der Waals surface area contributed by atoms with Crippen molar-refractivity contribution in [2.75, 3.05) is 0 Å². The molecule has 4 heteroatoms. The molecule has 1 aromatic carbocycles. The normalized spacial score (nSPS) is 12.3. The van der Waals surface area contributed by atoms with Crippen molar-refractivity contribution < 1.29 is 4.79 Å². The van der Waals surface area contributed by atoms with E-state index in [2.05, 4.69) is 15.0 Å². The van der Waals surface area contributed by atoms with Gasteiger partial charge < -0.3 is 4.98 Å². The maximum atomic E-state index is 10.1. The Morgan fingerprint density at radius 2 is 2.31 bits per heavy atom. The number of aryl methyl sites for hydroxylation is 1. The molecule has 0 radical (unpaired) electrons. The molecule has 1 heterocycles. The number of isocyanates is 1. The van der Waals surface area contributed by atoms with Gasteiger partial charge in [-0.1, -0.05) is 12.1 Å². The number of aromatic nitrogens is 2. The van der Waals surface area contributed by atoms with E-state index in [9.17, 15) is 4.79 Å². The number of imidazole rings is 1. The summed E-state index contributed by atoms with van der Waals surface area (Å²) in [5.41, 5.74) is 2.02. The first kappa shape index (κ1) is 10.6. The summed E-state index contributed by atoms with van der Waals surface area (Å²) < 4.78 is 0. The zero-order chi connectivity index (χ0) is 11.4. The summed E-state index contributed by atoms with van der Waals surface area (Å²) in [6, 6.07) is 7.92. The lowest BCUT2D eigenvalue weighted by molar-refractivity contribution is 0.554. The fourth-order valence-electron chi connectivity index (χ4n) is 1.62. The van der Waals surface area contributed by atoms with Gasteiger partial charge in [0.15, 0.2) is 0 Å². The second-order valence-electron chi connectivity index (χ2n) is 3.81. The van der Waals surface area contributed by atoms with Crippen molar-refractivity contribution in [1.29, 1.82) is 0 Å². The SMILES string of the molecule is CC(CCc1nc2ccccc2[nH]1)N=C=O. The van der Waals surface area contributed by atoms with Crippen molar-refractivity contribution in [3.63, 3.8) is 0 Å². The van der Waals surface area contributed by atoms with Crippen LogP contribution in [0.15, 0.2) is 29.3 Å². The number of carbonyl (C=O) groups excluding carboxylic acids is 1. The number of H-pyrrole nitrogens is 1. The summed E-state index contributed by atoms with van der Waals surface area (Å²) in [7, 11) is 0. The fourth-order valence-corrected chi connectivity index (χ4v) is 1.62. The summed E-state index contributed by atoms with van der Waals surface area (Å²) in [6.07, 6.45) is 3.17. The molecule has 1 unspecified atom stereocenters. The first-order valence-corrected chi connectivity index (χ1v) is 5.30. The molecular weight excluding hydrogens is 202 g/mol. The first-order valence-electron chi connectivity index (χ1n) is 5.30. The van der Waals surface area contributed by atoms with Crippen LogP contribution in [0.4, 0.5) is 0 Å². The standard InChI is InChI=1S/C12H13N3O/c1-9(13-8-16)6-7-12-14-10-4-2-3-5-11(10)15-12/h2-5,9H,6-7H2,1H3,(H,14,15).